The van der Waals surface area contributed by atoms with Crippen LogP contribution in [0, 0.1) is 0 Å². The van der Waals surface area contributed by atoms with Crippen LogP contribution in [0.15, 0.2) is 41.9 Å². The van der Waals surface area contributed by atoms with Crippen molar-refractivity contribution in [3.05, 3.63) is 52.6 Å². The van der Waals surface area contributed by atoms with Gasteiger partial charge in [-0.2, -0.15) is 0 Å². The summed E-state index contributed by atoms with van der Waals surface area (Å²) in [6.45, 7) is 0. The first-order valence-electron chi connectivity index (χ1n) is 7.22. The highest BCUT2D eigenvalue weighted by Crippen LogP contribution is 2.33. The molecule has 0 bridgehead atoms. The van der Waals surface area contributed by atoms with E-state index in [9.17, 15) is 4.79 Å². The van der Waals surface area contributed by atoms with Crippen molar-refractivity contribution < 1.29 is 14.3 Å². The molecule has 0 saturated carbocycles. The summed E-state index contributed by atoms with van der Waals surface area (Å²) in [6, 6.07) is 8.77. The van der Waals surface area contributed by atoms with Crippen molar-refractivity contribution in [2.45, 2.75) is 0 Å². The minimum absolute atomic E-state index is 0.150. The van der Waals surface area contributed by atoms with Gasteiger partial charge in [0, 0.05) is 17.1 Å². The molecule has 8 heteroatoms. The summed E-state index contributed by atoms with van der Waals surface area (Å²) in [6.07, 6.45) is 1.53. The molecular formula is C17H14ClN3O3S. The summed E-state index contributed by atoms with van der Waals surface area (Å²) in [7, 11) is 3.16. The number of ether oxygens (including phenoxy) is 2. The topological polar surface area (TPSA) is 73.3 Å². The number of anilines is 1. The highest BCUT2D eigenvalue weighted by atomic mass is 35.5. The summed E-state index contributed by atoms with van der Waals surface area (Å²) in [5.41, 5.74) is 1.87. The molecule has 0 radical (unpaired) electrons. The zero-order chi connectivity index (χ0) is 17.8. The van der Waals surface area contributed by atoms with Crippen LogP contribution in [0.5, 0.6) is 11.5 Å². The Balaban J connectivity index is 1.81. The van der Waals surface area contributed by atoms with E-state index in [1.54, 1.807) is 32.4 Å². The Hall–Kier alpha value is -2.64. The van der Waals surface area contributed by atoms with Crippen LogP contribution < -0.4 is 14.8 Å². The van der Waals surface area contributed by atoms with Gasteiger partial charge >= 0.3 is 0 Å². The molecule has 0 fully saturated rings. The summed E-state index contributed by atoms with van der Waals surface area (Å²) < 4.78 is 10.5. The summed E-state index contributed by atoms with van der Waals surface area (Å²) in [5.74, 6) is 0.897. The second-order valence-corrected chi connectivity index (χ2v) is 6.12. The molecule has 1 amide bonds. The van der Waals surface area contributed by atoms with E-state index in [1.807, 2.05) is 17.5 Å². The molecular weight excluding hydrogens is 362 g/mol. The van der Waals surface area contributed by atoms with E-state index in [0.717, 1.165) is 11.3 Å². The van der Waals surface area contributed by atoms with Crippen LogP contribution in [0.3, 0.4) is 0 Å². The van der Waals surface area contributed by atoms with Crippen molar-refractivity contribution in [3.8, 4) is 22.8 Å². The first-order valence-corrected chi connectivity index (χ1v) is 8.48. The highest BCUT2D eigenvalue weighted by Gasteiger charge is 2.14. The third-order valence-corrected chi connectivity index (χ3v) is 4.47. The first kappa shape index (κ1) is 17.2. The SMILES string of the molecule is COc1ccc(-c2csc(NC(=O)c3cccnc3Cl)n2)cc1OC. The van der Waals surface area contributed by atoms with Gasteiger partial charge in [0.15, 0.2) is 16.6 Å². The Morgan fingerprint density at radius 2 is 2.00 bits per heavy atom. The molecule has 1 aromatic carbocycles. The Morgan fingerprint density at radius 1 is 1.20 bits per heavy atom. The molecule has 0 aliphatic heterocycles. The zero-order valence-electron chi connectivity index (χ0n) is 13.4. The predicted molar refractivity (Wildman–Crippen MR) is 97.9 cm³/mol. The normalized spacial score (nSPS) is 10.4. The van der Waals surface area contributed by atoms with Gasteiger partial charge in [0.2, 0.25) is 0 Å². The predicted octanol–water partition coefficient (Wildman–Crippen LogP) is 4.13. The number of aromatic nitrogens is 2. The third kappa shape index (κ3) is 3.72. The van der Waals surface area contributed by atoms with Gasteiger partial charge in [0.25, 0.3) is 5.91 Å². The largest absolute Gasteiger partial charge is 0.493 e. The molecule has 6 nitrogen and oxygen atoms in total. The third-order valence-electron chi connectivity index (χ3n) is 3.41. The van der Waals surface area contributed by atoms with E-state index in [4.69, 9.17) is 21.1 Å². The molecule has 2 aromatic heterocycles. The monoisotopic (exact) mass is 375 g/mol. The molecule has 128 valence electrons. The van der Waals surface area contributed by atoms with Crippen LogP contribution in [0.2, 0.25) is 5.15 Å². The molecule has 2 heterocycles. The van der Waals surface area contributed by atoms with E-state index < -0.39 is 0 Å². The lowest BCUT2D eigenvalue weighted by Crippen LogP contribution is -2.12. The van der Waals surface area contributed by atoms with Crippen LogP contribution in [0.25, 0.3) is 11.3 Å². The lowest BCUT2D eigenvalue weighted by molar-refractivity contribution is 0.102. The maximum Gasteiger partial charge on any atom is 0.260 e. The highest BCUT2D eigenvalue weighted by molar-refractivity contribution is 7.14. The molecule has 25 heavy (non-hydrogen) atoms. The zero-order valence-corrected chi connectivity index (χ0v) is 15.0. The van der Waals surface area contributed by atoms with E-state index in [2.05, 4.69) is 15.3 Å². The number of benzene rings is 1. The van der Waals surface area contributed by atoms with Gasteiger partial charge in [-0.05, 0) is 30.3 Å². The second kappa shape index (κ2) is 7.50. The van der Waals surface area contributed by atoms with Crippen LogP contribution in [0.4, 0.5) is 5.13 Å². The van der Waals surface area contributed by atoms with Crippen molar-refractivity contribution in [1.82, 2.24) is 9.97 Å². The Kier molecular flexibility index (Phi) is 5.16. The molecule has 0 saturated heterocycles. The van der Waals surface area contributed by atoms with Crippen molar-refractivity contribution in [2.24, 2.45) is 0 Å². The number of carbonyl (C=O) groups excluding carboxylic acids is 1. The van der Waals surface area contributed by atoms with Crippen LogP contribution >= 0.6 is 22.9 Å². The van der Waals surface area contributed by atoms with Crippen molar-refractivity contribution in [2.75, 3.05) is 19.5 Å². The van der Waals surface area contributed by atoms with Gasteiger partial charge in [0.05, 0.1) is 25.5 Å². The molecule has 3 rings (SSSR count). The van der Waals surface area contributed by atoms with E-state index in [0.29, 0.717) is 22.2 Å². The van der Waals surface area contributed by atoms with E-state index in [1.165, 1.54) is 17.5 Å². The maximum absolute atomic E-state index is 12.3. The lowest BCUT2D eigenvalue weighted by atomic mass is 10.1. The van der Waals surface area contributed by atoms with Gasteiger partial charge in [-0.3, -0.25) is 10.1 Å². The number of halogens is 1. The maximum atomic E-state index is 12.3. The molecule has 1 N–H and O–H groups in total. The second-order valence-electron chi connectivity index (χ2n) is 4.90. The fourth-order valence-electron chi connectivity index (χ4n) is 2.18. The number of rotatable bonds is 5. The minimum atomic E-state index is -0.355. The van der Waals surface area contributed by atoms with Crippen LogP contribution in [-0.4, -0.2) is 30.1 Å². The summed E-state index contributed by atoms with van der Waals surface area (Å²) in [4.78, 5) is 20.6. The lowest BCUT2D eigenvalue weighted by Gasteiger charge is -2.08. The number of amides is 1. The van der Waals surface area contributed by atoms with E-state index in [-0.39, 0.29) is 11.1 Å². The number of nitrogens with zero attached hydrogens (tertiary/aromatic N) is 2. The Labute approximate surface area is 153 Å². The molecule has 0 aliphatic rings. The van der Waals surface area contributed by atoms with Crippen LogP contribution in [-0.2, 0) is 0 Å². The first-order chi connectivity index (χ1) is 12.1. The van der Waals surface area contributed by atoms with Crippen molar-refractivity contribution >= 4 is 34.0 Å². The number of pyridine rings is 1. The van der Waals surface area contributed by atoms with Crippen molar-refractivity contribution in [3.63, 3.8) is 0 Å². The number of methoxy groups -OCH3 is 2. The van der Waals surface area contributed by atoms with Gasteiger partial charge in [-0.1, -0.05) is 11.6 Å². The fraction of sp³-hybridized carbons (Fsp3) is 0.118. The molecule has 0 spiro atoms. The summed E-state index contributed by atoms with van der Waals surface area (Å²) >= 11 is 7.25. The Morgan fingerprint density at radius 3 is 2.72 bits per heavy atom. The van der Waals surface area contributed by atoms with Gasteiger partial charge < -0.3 is 9.47 Å². The quantitative estimate of drug-likeness (QED) is 0.679. The standard InChI is InChI=1S/C17H14ClN3O3S/c1-23-13-6-5-10(8-14(13)24-2)12-9-25-17(20-12)21-16(22)11-4-3-7-19-15(11)18/h3-9H,1-2H3,(H,20,21,22). The summed E-state index contributed by atoms with van der Waals surface area (Å²) in [5, 5.41) is 5.19. The fourth-order valence-corrected chi connectivity index (χ4v) is 3.10. The molecule has 0 unspecified atom stereocenters. The van der Waals surface area contributed by atoms with E-state index >= 15 is 0 Å². The number of hydrogen-bond acceptors (Lipinski definition) is 6. The number of nitrogens with one attached hydrogen (secondary N) is 1. The molecule has 0 aliphatic carbocycles. The average Bonchev–Trinajstić information content (AvgIpc) is 3.09. The smallest absolute Gasteiger partial charge is 0.260 e. The molecule has 3 aromatic rings. The van der Waals surface area contributed by atoms with Crippen molar-refractivity contribution in [1.29, 1.82) is 0 Å². The van der Waals surface area contributed by atoms with Gasteiger partial charge in [0.1, 0.15) is 5.15 Å². The number of thiazole rings is 1. The van der Waals surface area contributed by atoms with Crippen LogP contribution in [0.1, 0.15) is 10.4 Å². The molecule has 0 atom stereocenters. The Bertz CT molecular complexity index is 914. The average molecular weight is 376 g/mol. The number of carbonyl (C=O) groups is 1. The number of hydrogen-bond donors (Lipinski definition) is 1. The van der Waals surface area contributed by atoms with Gasteiger partial charge in [-0.25, -0.2) is 9.97 Å². The minimum Gasteiger partial charge on any atom is -0.493 e. The van der Waals surface area contributed by atoms with Gasteiger partial charge in [-0.15, -0.1) is 11.3 Å².